The highest BCUT2D eigenvalue weighted by Crippen LogP contribution is 2.45. The molecule has 0 spiro atoms. The van der Waals surface area contributed by atoms with E-state index in [1.807, 2.05) is 0 Å². The summed E-state index contributed by atoms with van der Waals surface area (Å²) < 4.78 is 0. The van der Waals surface area contributed by atoms with Gasteiger partial charge in [-0.25, -0.2) is 0 Å². The van der Waals surface area contributed by atoms with Crippen LogP contribution in [0.15, 0.2) is 24.6 Å². The molecule has 1 aliphatic rings. The van der Waals surface area contributed by atoms with Crippen molar-refractivity contribution in [1.82, 2.24) is 4.90 Å². The Balaban J connectivity index is 2.96. The van der Waals surface area contributed by atoms with Crippen molar-refractivity contribution >= 4 is 0 Å². The molecule has 0 aromatic carbocycles. The SMILES string of the molecule is C=C(N)[C@H]1N(C(=C)CC(C)(C)C)CC(C)C1(C)C. The Morgan fingerprint density at radius 3 is 2.22 bits per heavy atom. The van der Waals surface area contributed by atoms with Crippen LogP contribution in [0.1, 0.15) is 48.0 Å². The number of hydrogen-bond donors (Lipinski definition) is 1. The number of nitrogens with two attached hydrogens (primary N) is 1. The van der Waals surface area contributed by atoms with Crippen LogP contribution in [0.2, 0.25) is 0 Å². The molecule has 2 nitrogen and oxygen atoms in total. The molecule has 0 saturated carbocycles. The molecule has 1 heterocycles. The second-order valence-electron chi connectivity index (χ2n) is 7.66. The van der Waals surface area contributed by atoms with Crippen LogP contribution in [-0.2, 0) is 0 Å². The minimum atomic E-state index is 0.159. The Labute approximate surface area is 113 Å². The molecular weight excluding hydrogens is 220 g/mol. The molecule has 2 heteroatoms. The highest BCUT2D eigenvalue weighted by Gasteiger charge is 2.47. The minimum Gasteiger partial charge on any atom is -0.401 e. The first-order valence-electron chi connectivity index (χ1n) is 6.85. The molecule has 0 bridgehead atoms. The Bertz CT molecular complexity index is 347. The lowest BCUT2D eigenvalue weighted by Gasteiger charge is -2.37. The second kappa shape index (κ2) is 4.64. The lowest BCUT2D eigenvalue weighted by Crippen LogP contribution is -2.41. The predicted octanol–water partition coefficient (Wildman–Crippen LogP) is 3.76. The zero-order valence-corrected chi connectivity index (χ0v) is 13.0. The molecule has 1 fully saturated rings. The van der Waals surface area contributed by atoms with E-state index in [2.05, 4.69) is 59.6 Å². The van der Waals surface area contributed by atoms with Gasteiger partial charge in [-0.05, 0) is 23.2 Å². The molecule has 0 aromatic heterocycles. The van der Waals surface area contributed by atoms with E-state index in [-0.39, 0.29) is 16.9 Å². The summed E-state index contributed by atoms with van der Waals surface area (Å²) in [7, 11) is 0. The van der Waals surface area contributed by atoms with E-state index in [0.717, 1.165) is 18.7 Å². The molecule has 0 amide bonds. The largest absolute Gasteiger partial charge is 0.401 e. The average molecular weight is 250 g/mol. The van der Waals surface area contributed by atoms with Crippen molar-refractivity contribution < 1.29 is 0 Å². The highest BCUT2D eigenvalue weighted by molar-refractivity contribution is 5.18. The van der Waals surface area contributed by atoms with Crippen LogP contribution in [-0.4, -0.2) is 17.5 Å². The van der Waals surface area contributed by atoms with E-state index in [1.54, 1.807) is 0 Å². The first kappa shape index (κ1) is 15.1. The Kier molecular flexibility index (Phi) is 3.90. The van der Waals surface area contributed by atoms with Gasteiger partial charge in [0, 0.05) is 17.9 Å². The molecule has 1 saturated heterocycles. The van der Waals surface area contributed by atoms with Crippen molar-refractivity contribution in [3.8, 4) is 0 Å². The fourth-order valence-corrected chi connectivity index (χ4v) is 3.01. The fraction of sp³-hybridized carbons (Fsp3) is 0.750. The molecule has 2 atom stereocenters. The molecule has 0 aliphatic carbocycles. The first-order chi connectivity index (χ1) is 7.97. The third-order valence-corrected chi connectivity index (χ3v) is 4.25. The van der Waals surface area contributed by atoms with Gasteiger partial charge in [-0.3, -0.25) is 0 Å². The maximum absolute atomic E-state index is 6.05. The lowest BCUT2D eigenvalue weighted by molar-refractivity contribution is 0.216. The zero-order valence-electron chi connectivity index (χ0n) is 13.0. The van der Waals surface area contributed by atoms with Gasteiger partial charge < -0.3 is 10.6 Å². The molecule has 18 heavy (non-hydrogen) atoms. The summed E-state index contributed by atoms with van der Waals surface area (Å²) >= 11 is 0. The highest BCUT2D eigenvalue weighted by atomic mass is 15.2. The van der Waals surface area contributed by atoms with E-state index in [9.17, 15) is 0 Å². The molecule has 104 valence electrons. The fourth-order valence-electron chi connectivity index (χ4n) is 3.01. The van der Waals surface area contributed by atoms with Gasteiger partial charge in [0.2, 0.25) is 0 Å². The predicted molar refractivity (Wildman–Crippen MR) is 80.0 cm³/mol. The third kappa shape index (κ3) is 2.90. The van der Waals surface area contributed by atoms with Crippen LogP contribution in [0, 0.1) is 16.7 Å². The number of likely N-dealkylation sites (tertiary alicyclic amines) is 1. The van der Waals surface area contributed by atoms with Crippen LogP contribution >= 0.6 is 0 Å². The van der Waals surface area contributed by atoms with Crippen LogP contribution < -0.4 is 5.73 Å². The van der Waals surface area contributed by atoms with Gasteiger partial charge in [-0.2, -0.15) is 0 Å². The van der Waals surface area contributed by atoms with Crippen LogP contribution in [0.25, 0.3) is 0 Å². The van der Waals surface area contributed by atoms with Gasteiger partial charge in [0.05, 0.1) is 6.04 Å². The molecule has 0 radical (unpaired) electrons. The summed E-state index contributed by atoms with van der Waals surface area (Å²) in [5, 5.41) is 0. The summed E-state index contributed by atoms with van der Waals surface area (Å²) in [5.41, 5.74) is 8.42. The summed E-state index contributed by atoms with van der Waals surface area (Å²) in [4.78, 5) is 2.37. The second-order valence-corrected chi connectivity index (χ2v) is 7.66. The Morgan fingerprint density at radius 2 is 1.83 bits per heavy atom. The molecule has 2 N–H and O–H groups in total. The Hall–Kier alpha value is -0.920. The molecular formula is C16H30N2. The maximum Gasteiger partial charge on any atom is 0.0731 e. The maximum atomic E-state index is 6.05. The van der Waals surface area contributed by atoms with Crippen molar-refractivity contribution in [3.05, 3.63) is 24.6 Å². The van der Waals surface area contributed by atoms with Crippen molar-refractivity contribution in [1.29, 1.82) is 0 Å². The van der Waals surface area contributed by atoms with Gasteiger partial charge in [-0.15, -0.1) is 0 Å². The van der Waals surface area contributed by atoms with Gasteiger partial charge >= 0.3 is 0 Å². The van der Waals surface area contributed by atoms with Gasteiger partial charge in [0.15, 0.2) is 0 Å². The number of allylic oxidation sites excluding steroid dienone is 1. The summed E-state index contributed by atoms with van der Waals surface area (Å²) in [6, 6.07) is 0.211. The van der Waals surface area contributed by atoms with Crippen molar-refractivity contribution in [2.45, 2.75) is 54.0 Å². The smallest absolute Gasteiger partial charge is 0.0731 e. The van der Waals surface area contributed by atoms with E-state index >= 15 is 0 Å². The van der Waals surface area contributed by atoms with Crippen LogP contribution in [0.5, 0.6) is 0 Å². The van der Waals surface area contributed by atoms with E-state index in [4.69, 9.17) is 5.73 Å². The zero-order chi connectivity index (χ0) is 14.3. The minimum absolute atomic E-state index is 0.159. The summed E-state index contributed by atoms with van der Waals surface area (Å²) in [6.07, 6.45) is 1.000. The lowest BCUT2D eigenvalue weighted by atomic mass is 9.76. The number of hydrogen-bond acceptors (Lipinski definition) is 2. The third-order valence-electron chi connectivity index (χ3n) is 4.25. The van der Waals surface area contributed by atoms with Crippen LogP contribution in [0.4, 0.5) is 0 Å². The van der Waals surface area contributed by atoms with Gasteiger partial charge in [0.1, 0.15) is 0 Å². The summed E-state index contributed by atoms with van der Waals surface area (Å²) in [6.45, 7) is 22.9. The van der Waals surface area contributed by atoms with Crippen LogP contribution in [0.3, 0.4) is 0 Å². The normalized spacial score (nSPS) is 27.3. The van der Waals surface area contributed by atoms with Crippen molar-refractivity contribution in [2.24, 2.45) is 22.5 Å². The molecule has 0 aromatic rings. The Morgan fingerprint density at radius 1 is 1.33 bits per heavy atom. The quantitative estimate of drug-likeness (QED) is 0.826. The average Bonchev–Trinajstić information content (AvgIpc) is 2.35. The molecule has 1 unspecified atom stereocenters. The van der Waals surface area contributed by atoms with E-state index < -0.39 is 0 Å². The number of rotatable bonds is 3. The topological polar surface area (TPSA) is 29.3 Å². The standard InChI is InChI=1S/C16H30N2/c1-11-10-18(12(2)9-15(4,5)6)14(13(3)17)16(11,7)8/h11,14H,2-3,9-10,17H2,1,4-8H3/t11?,14-/m1/s1. The summed E-state index contributed by atoms with van der Waals surface area (Å²) in [5.74, 6) is 0.597. The van der Waals surface area contributed by atoms with E-state index in [1.165, 1.54) is 5.70 Å². The van der Waals surface area contributed by atoms with Crippen molar-refractivity contribution in [3.63, 3.8) is 0 Å². The van der Waals surface area contributed by atoms with E-state index in [0.29, 0.717) is 5.92 Å². The molecule has 1 aliphatic heterocycles. The number of nitrogens with zero attached hydrogens (tertiary/aromatic N) is 1. The monoisotopic (exact) mass is 250 g/mol. The first-order valence-corrected chi connectivity index (χ1v) is 6.85. The van der Waals surface area contributed by atoms with Crippen molar-refractivity contribution in [2.75, 3.05) is 6.54 Å². The van der Waals surface area contributed by atoms with Gasteiger partial charge in [-0.1, -0.05) is 54.7 Å². The molecule has 1 rings (SSSR count). The van der Waals surface area contributed by atoms with Gasteiger partial charge in [0.25, 0.3) is 0 Å².